The van der Waals surface area contributed by atoms with Gasteiger partial charge in [0.1, 0.15) is 5.92 Å². The van der Waals surface area contributed by atoms with E-state index in [0.717, 1.165) is 0 Å². The Labute approximate surface area is 45.9 Å². The number of nitriles is 1. The Kier molecular flexibility index (Phi) is 0.968. The topological polar surface area (TPSA) is 23.8 Å². The number of hydrogen-bond acceptors (Lipinski definition) is 1. The van der Waals surface area contributed by atoms with E-state index in [1.807, 2.05) is 0 Å². The van der Waals surface area contributed by atoms with Gasteiger partial charge in [0.15, 0.2) is 0 Å². The zero-order chi connectivity index (χ0) is 6.20. The molecule has 1 atom stereocenters. The maximum Gasteiger partial charge on any atom is 0.264 e. The van der Waals surface area contributed by atoms with Gasteiger partial charge in [0.2, 0.25) is 0 Å². The van der Waals surface area contributed by atoms with Crippen LogP contribution in [0.4, 0.5) is 8.78 Å². The molecule has 1 radical (unpaired) electrons. The van der Waals surface area contributed by atoms with Crippen molar-refractivity contribution < 1.29 is 8.78 Å². The van der Waals surface area contributed by atoms with Crippen LogP contribution in [0.15, 0.2) is 0 Å². The highest BCUT2D eigenvalue weighted by atomic mass is 19.3. The smallest absolute Gasteiger partial charge is 0.205 e. The molecule has 1 aliphatic rings. The lowest BCUT2D eigenvalue weighted by Gasteiger charge is -2.30. The third-order valence-electron chi connectivity index (χ3n) is 1.22. The SMILES string of the molecule is N#CC1[CH]CC1(F)F. The van der Waals surface area contributed by atoms with Gasteiger partial charge in [-0.2, -0.15) is 5.26 Å². The van der Waals surface area contributed by atoms with E-state index in [4.69, 9.17) is 5.26 Å². The molecule has 1 rings (SSSR count). The van der Waals surface area contributed by atoms with E-state index < -0.39 is 11.8 Å². The summed E-state index contributed by atoms with van der Waals surface area (Å²) in [6.07, 6.45) is 1.09. The molecule has 0 heterocycles. The summed E-state index contributed by atoms with van der Waals surface area (Å²) in [6.45, 7) is 0. The fraction of sp³-hybridized carbons (Fsp3) is 0.600. The molecule has 3 heteroatoms. The van der Waals surface area contributed by atoms with Crippen LogP contribution in [0.3, 0.4) is 0 Å². The van der Waals surface area contributed by atoms with Gasteiger partial charge in [-0.05, 0) is 6.42 Å². The molecular weight excluding hydrogens is 112 g/mol. The molecule has 0 saturated heterocycles. The van der Waals surface area contributed by atoms with E-state index in [2.05, 4.69) is 0 Å². The Balaban J connectivity index is 2.53. The molecule has 43 valence electrons. The molecule has 0 aromatic carbocycles. The maximum atomic E-state index is 11.9. The summed E-state index contributed by atoms with van der Waals surface area (Å²) < 4.78 is 23.9. The van der Waals surface area contributed by atoms with E-state index in [9.17, 15) is 8.78 Å². The highest BCUT2D eigenvalue weighted by Gasteiger charge is 2.48. The van der Waals surface area contributed by atoms with Gasteiger partial charge in [0.25, 0.3) is 5.92 Å². The first-order valence-electron chi connectivity index (χ1n) is 2.27. The van der Waals surface area contributed by atoms with Gasteiger partial charge in [-0.1, -0.05) is 0 Å². The Morgan fingerprint density at radius 3 is 2.38 bits per heavy atom. The molecule has 0 aromatic rings. The first-order valence-corrected chi connectivity index (χ1v) is 2.27. The van der Waals surface area contributed by atoms with Crippen molar-refractivity contribution in [2.45, 2.75) is 12.3 Å². The lowest BCUT2D eigenvalue weighted by atomic mass is 9.82. The van der Waals surface area contributed by atoms with E-state index >= 15 is 0 Å². The predicted molar refractivity (Wildman–Crippen MR) is 23.0 cm³/mol. The van der Waals surface area contributed by atoms with Crippen molar-refractivity contribution in [1.82, 2.24) is 0 Å². The summed E-state index contributed by atoms with van der Waals surface area (Å²) in [6, 6.07) is 1.49. The highest BCUT2D eigenvalue weighted by Crippen LogP contribution is 2.41. The van der Waals surface area contributed by atoms with Gasteiger partial charge < -0.3 is 0 Å². The molecule has 0 N–H and O–H groups in total. The molecule has 0 spiro atoms. The Morgan fingerprint density at radius 1 is 1.75 bits per heavy atom. The molecule has 8 heavy (non-hydrogen) atoms. The second kappa shape index (κ2) is 1.41. The fourth-order valence-electron chi connectivity index (χ4n) is 0.561. The van der Waals surface area contributed by atoms with Crippen LogP contribution in [0.5, 0.6) is 0 Å². The molecule has 0 bridgehead atoms. The van der Waals surface area contributed by atoms with Crippen molar-refractivity contribution in [3.05, 3.63) is 6.42 Å². The summed E-state index contributed by atoms with van der Waals surface area (Å²) >= 11 is 0. The van der Waals surface area contributed by atoms with E-state index in [1.165, 1.54) is 12.5 Å². The largest absolute Gasteiger partial charge is 0.264 e. The van der Waals surface area contributed by atoms with Gasteiger partial charge in [-0.25, -0.2) is 8.78 Å². The average Bonchev–Trinajstić information content (AvgIpc) is 1.66. The minimum absolute atomic E-state index is 0.231. The van der Waals surface area contributed by atoms with Crippen molar-refractivity contribution in [2.75, 3.05) is 0 Å². The van der Waals surface area contributed by atoms with Gasteiger partial charge in [0.05, 0.1) is 6.07 Å². The Morgan fingerprint density at radius 2 is 2.38 bits per heavy atom. The standard InChI is InChI=1S/C5H4F2N/c6-5(7)2-1-4(5)3-8/h1,4H,2H2. The lowest BCUT2D eigenvalue weighted by molar-refractivity contribution is -0.0728. The lowest BCUT2D eigenvalue weighted by Crippen LogP contribution is -2.38. The number of halogens is 2. The Bertz CT molecular complexity index is 136. The quantitative estimate of drug-likeness (QED) is 0.469. The number of hydrogen-bond donors (Lipinski definition) is 0. The van der Waals surface area contributed by atoms with Gasteiger partial charge in [-0.15, -0.1) is 0 Å². The van der Waals surface area contributed by atoms with E-state index in [1.54, 1.807) is 0 Å². The number of alkyl halides is 2. The first kappa shape index (κ1) is 5.49. The third-order valence-corrected chi connectivity index (χ3v) is 1.22. The van der Waals surface area contributed by atoms with Gasteiger partial charge >= 0.3 is 0 Å². The van der Waals surface area contributed by atoms with Crippen molar-refractivity contribution in [3.63, 3.8) is 0 Å². The van der Waals surface area contributed by atoms with Crippen LogP contribution in [0.2, 0.25) is 0 Å². The van der Waals surface area contributed by atoms with Crippen LogP contribution in [0.25, 0.3) is 0 Å². The number of rotatable bonds is 0. The van der Waals surface area contributed by atoms with Crippen molar-refractivity contribution in [2.24, 2.45) is 5.92 Å². The summed E-state index contributed by atoms with van der Waals surface area (Å²) in [4.78, 5) is 0. The van der Waals surface area contributed by atoms with Crippen molar-refractivity contribution in [3.8, 4) is 6.07 Å². The fourth-order valence-corrected chi connectivity index (χ4v) is 0.561. The number of nitrogens with zero attached hydrogens (tertiary/aromatic N) is 1. The second-order valence-corrected chi connectivity index (χ2v) is 1.81. The minimum atomic E-state index is -2.73. The Hall–Kier alpha value is -0.650. The van der Waals surface area contributed by atoms with Crippen molar-refractivity contribution >= 4 is 0 Å². The second-order valence-electron chi connectivity index (χ2n) is 1.81. The predicted octanol–water partition coefficient (Wildman–Crippen LogP) is 1.37. The molecule has 1 unspecified atom stereocenters. The maximum absolute atomic E-state index is 11.9. The normalized spacial score (nSPS) is 32.9. The van der Waals surface area contributed by atoms with Crippen LogP contribution in [-0.4, -0.2) is 5.92 Å². The molecule has 1 nitrogen and oxygen atoms in total. The van der Waals surface area contributed by atoms with E-state index in [0.29, 0.717) is 0 Å². The summed E-state index contributed by atoms with van der Waals surface area (Å²) in [5.74, 6) is -3.85. The van der Waals surface area contributed by atoms with Crippen LogP contribution in [0.1, 0.15) is 6.42 Å². The molecule has 1 saturated carbocycles. The highest BCUT2D eigenvalue weighted by molar-refractivity contribution is 5.12. The third kappa shape index (κ3) is 0.568. The minimum Gasteiger partial charge on any atom is -0.205 e. The average molecular weight is 116 g/mol. The summed E-state index contributed by atoms with van der Waals surface area (Å²) in [5.41, 5.74) is 0. The molecule has 1 aliphatic carbocycles. The van der Waals surface area contributed by atoms with Crippen LogP contribution >= 0.6 is 0 Å². The molecule has 0 aromatic heterocycles. The monoisotopic (exact) mass is 116 g/mol. The van der Waals surface area contributed by atoms with Gasteiger partial charge in [0, 0.05) is 6.42 Å². The molecule has 1 fully saturated rings. The molecule has 0 aliphatic heterocycles. The molecular formula is C5H4F2N. The summed E-state index contributed by atoms with van der Waals surface area (Å²) in [7, 11) is 0. The van der Waals surface area contributed by atoms with Crippen molar-refractivity contribution in [1.29, 1.82) is 5.26 Å². The zero-order valence-corrected chi connectivity index (χ0v) is 4.06. The van der Waals surface area contributed by atoms with E-state index in [-0.39, 0.29) is 6.42 Å². The van der Waals surface area contributed by atoms with Crippen LogP contribution in [-0.2, 0) is 0 Å². The summed E-state index contributed by atoms with van der Waals surface area (Å²) in [5, 5.41) is 7.96. The van der Waals surface area contributed by atoms with Crippen LogP contribution in [0, 0.1) is 23.7 Å². The zero-order valence-electron chi connectivity index (χ0n) is 4.06. The first-order chi connectivity index (χ1) is 3.67. The molecule has 0 amide bonds. The van der Waals surface area contributed by atoms with Gasteiger partial charge in [-0.3, -0.25) is 0 Å². The van der Waals surface area contributed by atoms with Crippen LogP contribution < -0.4 is 0 Å².